The molecule has 2 N–H and O–H groups in total. The molecule has 0 aliphatic heterocycles. The fraction of sp³-hybridized carbons (Fsp3) is 0.231. The first-order chi connectivity index (χ1) is 9.75. The van der Waals surface area contributed by atoms with Gasteiger partial charge < -0.3 is 5.73 Å². The molecular weight excluding hydrogens is 378 g/mol. The van der Waals surface area contributed by atoms with Crippen molar-refractivity contribution in [2.24, 2.45) is 0 Å². The van der Waals surface area contributed by atoms with E-state index in [0.717, 1.165) is 0 Å². The van der Waals surface area contributed by atoms with Crippen LogP contribution in [0.2, 0.25) is 5.28 Å². The van der Waals surface area contributed by atoms with Crippen molar-refractivity contribution in [2.75, 3.05) is 5.73 Å². The molecule has 0 saturated carbocycles. The number of nitrogen functional groups attached to an aromatic ring is 1. The molecule has 0 spiro atoms. The molecule has 0 amide bonds. The summed E-state index contributed by atoms with van der Waals surface area (Å²) >= 11 is 9.11. The molecule has 8 heteroatoms. The van der Waals surface area contributed by atoms with Gasteiger partial charge in [0, 0.05) is 5.56 Å². The van der Waals surface area contributed by atoms with Crippen LogP contribution in [-0.2, 0) is 9.84 Å². The summed E-state index contributed by atoms with van der Waals surface area (Å²) in [5.41, 5.74) is 6.54. The van der Waals surface area contributed by atoms with Gasteiger partial charge in [-0.3, -0.25) is 0 Å². The molecule has 1 heterocycles. The zero-order chi connectivity index (χ0) is 15.8. The van der Waals surface area contributed by atoms with Gasteiger partial charge in [-0.25, -0.2) is 13.4 Å². The highest BCUT2D eigenvalue weighted by Crippen LogP contribution is 2.35. The quantitative estimate of drug-likeness (QED) is 0.812. The molecule has 1 aromatic carbocycles. The average molecular weight is 391 g/mol. The Kier molecular flexibility index (Phi) is 4.55. The number of hydrogen-bond acceptors (Lipinski definition) is 5. The van der Waals surface area contributed by atoms with E-state index in [4.69, 9.17) is 17.3 Å². The molecule has 2 rings (SSSR count). The van der Waals surface area contributed by atoms with Crippen LogP contribution in [0.1, 0.15) is 13.8 Å². The minimum absolute atomic E-state index is 0.0394. The van der Waals surface area contributed by atoms with Crippen molar-refractivity contribution < 1.29 is 8.42 Å². The molecule has 0 aliphatic rings. The molecule has 112 valence electrons. The van der Waals surface area contributed by atoms with Gasteiger partial charge in [-0.1, -0.05) is 18.2 Å². The maximum absolute atomic E-state index is 12.5. The smallest absolute Gasteiger partial charge is 0.224 e. The summed E-state index contributed by atoms with van der Waals surface area (Å²) in [5.74, 6) is 0.154. The van der Waals surface area contributed by atoms with E-state index in [-0.39, 0.29) is 16.0 Å². The van der Waals surface area contributed by atoms with Gasteiger partial charge in [-0.05, 0) is 47.4 Å². The lowest BCUT2D eigenvalue weighted by Crippen LogP contribution is -2.15. The first-order valence-corrected chi connectivity index (χ1v) is 8.78. The third-order valence-electron chi connectivity index (χ3n) is 2.92. The van der Waals surface area contributed by atoms with Crippen LogP contribution in [0, 0.1) is 0 Å². The Morgan fingerprint density at radius 1 is 1.24 bits per heavy atom. The molecule has 1 aromatic heterocycles. The molecular formula is C13H13BrClN3O2S. The second-order valence-corrected chi connectivity index (χ2v) is 8.23. The summed E-state index contributed by atoms with van der Waals surface area (Å²) in [6, 6.07) is 6.60. The number of nitrogens with zero attached hydrogens (tertiary/aromatic N) is 2. The lowest BCUT2D eigenvalue weighted by molar-refractivity contribution is 0.587. The summed E-state index contributed by atoms with van der Waals surface area (Å²) in [7, 11) is -3.46. The van der Waals surface area contributed by atoms with E-state index in [9.17, 15) is 8.42 Å². The Hall–Kier alpha value is -1.18. The van der Waals surface area contributed by atoms with Gasteiger partial charge in [0.2, 0.25) is 5.28 Å². The van der Waals surface area contributed by atoms with E-state index >= 15 is 0 Å². The Bertz CT molecular complexity index is 794. The van der Waals surface area contributed by atoms with E-state index in [1.165, 1.54) is 0 Å². The van der Waals surface area contributed by atoms with Crippen LogP contribution in [-0.4, -0.2) is 23.6 Å². The van der Waals surface area contributed by atoms with Gasteiger partial charge in [0.05, 0.1) is 20.3 Å². The Morgan fingerprint density at radius 3 is 2.48 bits per heavy atom. The summed E-state index contributed by atoms with van der Waals surface area (Å²) < 4.78 is 25.4. The lowest BCUT2D eigenvalue weighted by atomic mass is 10.1. The van der Waals surface area contributed by atoms with Gasteiger partial charge in [-0.2, -0.15) is 4.98 Å². The number of nitrogens with two attached hydrogens (primary N) is 1. The minimum Gasteiger partial charge on any atom is -0.383 e. The summed E-state index contributed by atoms with van der Waals surface area (Å²) in [6.07, 6.45) is 0. The summed E-state index contributed by atoms with van der Waals surface area (Å²) in [4.78, 5) is 8.11. The van der Waals surface area contributed by atoms with E-state index in [1.807, 2.05) is 0 Å². The van der Waals surface area contributed by atoms with Crippen molar-refractivity contribution in [3.05, 3.63) is 34.0 Å². The topological polar surface area (TPSA) is 85.9 Å². The molecule has 0 fully saturated rings. The van der Waals surface area contributed by atoms with Crippen LogP contribution in [0.15, 0.2) is 33.6 Å². The fourth-order valence-corrected chi connectivity index (χ4v) is 3.59. The first-order valence-electron chi connectivity index (χ1n) is 6.07. The van der Waals surface area contributed by atoms with Gasteiger partial charge in [0.1, 0.15) is 5.82 Å². The van der Waals surface area contributed by atoms with Crippen LogP contribution in [0.3, 0.4) is 0 Å². The first kappa shape index (κ1) is 16.2. The highest BCUT2D eigenvalue weighted by molar-refractivity contribution is 9.10. The molecule has 0 radical (unpaired) electrons. The van der Waals surface area contributed by atoms with E-state index in [1.54, 1.807) is 38.1 Å². The molecule has 0 aliphatic carbocycles. The second kappa shape index (κ2) is 5.90. The molecule has 0 unspecified atom stereocenters. The van der Waals surface area contributed by atoms with Crippen LogP contribution in [0.25, 0.3) is 11.3 Å². The molecule has 0 bridgehead atoms. The number of sulfone groups is 1. The Labute approximate surface area is 136 Å². The monoisotopic (exact) mass is 389 g/mol. The average Bonchev–Trinajstić information content (AvgIpc) is 2.42. The zero-order valence-corrected chi connectivity index (χ0v) is 14.5. The maximum atomic E-state index is 12.5. The van der Waals surface area contributed by atoms with Crippen LogP contribution in [0.4, 0.5) is 5.82 Å². The molecule has 0 saturated heterocycles. The number of halogens is 2. The molecule has 21 heavy (non-hydrogen) atoms. The third kappa shape index (κ3) is 3.04. The maximum Gasteiger partial charge on any atom is 0.224 e. The second-order valence-electron chi connectivity index (χ2n) is 4.63. The van der Waals surface area contributed by atoms with E-state index < -0.39 is 15.1 Å². The number of rotatable bonds is 3. The Morgan fingerprint density at radius 2 is 1.86 bits per heavy atom. The number of benzene rings is 1. The predicted octanol–water partition coefficient (Wildman–Crippen LogP) is 3.32. The van der Waals surface area contributed by atoms with Crippen molar-refractivity contribution in [3.63, 3.8) is 0 Å². The number of hydrogen-bond donors (Lipinski definition) is 1. The molecule has 0 atom stereocenters. The SMILES string of the molecule is CC(C)S(=O)(=O)c1ccccc1-c1nc(Cl)nc(N)c1Br. The van der Waals surface area contributed by atoms with Crippen molar-refractivity contribution >= 4 is 43.2 Å². The van der Waals surface area contributed by atoms with Crippen LogP contribution >= 0.6 is 27.5 Å². The predicted molar refractivity (Wildman–Crippen MR) is 86.9 cm³/mol. The number of anilines is 1. The lowest BCUT2D eigenvalue weighted by Gasteiger charge is -2.14. The zero-order valence-electron chi connectivity index (χ0n) is 11.3. The van der Waals surface area contributed by atoms with E-state index in [2.05, 4.69) is 25.9 Å². The largest absolute Gasteiger partial charge is 0.383 e. The van der Waals surface area contributed by atoms with Gasteiger partial charge in [-0.15, -0.1) is 0 Å². The Balaban J connectivity index is 2.79. The van der Waals surface area contributed by atoms with Crippen molar-refractivity contribution in [1.82, 2.24) is 9.97 Å². The highest BCUT2D eigenvalue weighted by atomic mass is 79.9. The van der Waals surface area contributed by atoms with Crippen LogP contribution in [0.5, 0.6) is 0 Å². The normalized spacial score (nSPS) is 11.9. The fourth-order valence-electron chi connectivity index (χ4n) is 1.78. The highest BCUT2D eigenvalue weighted by Gasteiger charge is 2.25. The molecule has 2 aromatic rings. The minimum atomic E-state index is -3.46. The standard InChI is InChI=1S/C13H13BrClN3O2S/c1-7(2)21(19,20)9-6-4-3-5-8(9)11-10(14)12(16)18-13(15)17-11/h3-7H,1-2H3,(H2,16,17,18). The molecule has 5 nitrogen and oxygen atoms in total. The third-order valence-corrected chi connectivity index (χ3v) is 6.08. The van der Waals surface area contributed by atoms with Gasteiger partial charge in [0.15, 0.2) is 9.84 Å². The van der Waals surface area contributed by atoms with Crippen molar-refractivity contribution in [2.45, 2.75) is 24.0 Å². The summed E-state index contributed by atoms with van der Waals surface area (Å²) in [5, 5.41) is -0.588. The van der Waals surface area contributed by atoms with Crippen molar-refractivity contribution in [1.29, 1.82) is 0 Å². The number of aromatic nitrogens is 2. The van der Waals surface area contributed by atoms with E-state index in [0.29, 0.717) is 15.7 Å². The summed E-state index contributed by atoms with van der Waals surface area (Å²) in [6.45, 7) is 3.25. The van der Waals surface area contributed by atoms with Gasteiger partial charge in [0.25, 0.3) is 0 Å². The van der Waals surface area contributed by atoms with Gasteiger partial charge >= 0.3 is 0 Å². The van der Waals surface area contributed by atoms with Crippen molar-refractivity contribution in [3.8, 4) is 11.3 Å². The van der Waals surface area contributed by atoms with Crippen LogP contribution < -0.4 is 5.73 Å².